The lowest BCUT2D eigenvalue weighted by molar-refractivity contribution is -0.116. The van der Waals surface area contributed by atoms with E-state index in [1.807, 2.05) is 19.9 Å². The summed E-state index contributed by atoms with van der Waals surface area (Å²) < 4.78 is 0. The van der Waals surface area contributed by atoms with E-state index in [2.05, 4.69) is 16.7 Å². The maximum Gasteiger partial charge on any atom is 0.335 e. The van der Waals surface area contributed by atoms with Gasteiger partial charge >= 0.3 is 5.97 Å². The van der Waals surface area contributed by atoms with E-state index in [9.17, 15) is 9.59 Å². The summed E-state index contributed by atoms with van der Waals surface area (Å²) in [5, 5.41) is 24.0. The minimum atomic E-state index is -1.05. The number of nitrogens with zero attached hydrogens (tertiary/aromatic N) is 1. The van der Waals surface area contributed by atoms with E-state index >= 15 is 0 Å². The molecule has 0 bridgehead atoms. The summed E-state index contributed by atoms with van der Waals surface area (Å²) in [5.74, 6) is -1.27. The molecule has 1 aliphatic rings. The minimum absolute atomic E-state index is 0.107. The Morgan fingerprint density at radius 1 is 1.20 bits per heavy atom. The van der Waals surface area contributed by atoms with Crippen LogP contribution in [0.5, 0.6) is 0 Å². The van der Waals surface area contributed by atoms with Gasteiger partial charge in [-0.15, -0.1) is 0 Å². The molecule has 128 valence electrons. The Morgan fingerprint density at radius 2 is 1.96 bits per heavy atom. The molecule has 6 nitrogen and oxygen atoms in total. The zero-order valence-corrected chi connectivity index (χ0v) is 14.0. The van der Waals surface area contributed by atoms with Gasteiger partial charge in [-0.2, -0.15) is 5.26 Å². The predicted molar refractivity (Wildman–Crippen MR) is 95.5 cm³/mol. The van der Waals surface area contributed by atoms with E-state index in [-0.39, 0.29) is 23.9 Å². The standard InChI is InChI=1S/C17H13N3O3.C2H6/c18-9-10-2-1-3-11(6-10)14-8-16(21)20-15-7-12(17(22)23)4-5-13(15)19-14;1-2/h1-7,14,19H,8H2,(H,20,21)(H,22,23);1-2H3. The number of aromatic carboxylic acids is 1. The molecular formula is C19H19N3O3. The van der Waals surface area contributed by atoms with Crippen LogP contribution in [0.2, 0.25) is 0 Å². The molecule has 0 spiro atoms. The molecule has 1 amide bonds. The molecule has 3 N–H and O–H groups in total. The van der Waals surface area contributed by atoms with Crippen LogP contribution in [0.3, 0.4) is 0 Å². The molecule has 1 heterocycles. The summed E-state index contributed by atoms with van der Waals surface area (Å²) in [4.78, 5) is 23.1. The molecule has 1 atom stereocenters. The van der Waals surface area contributed by atoms with Crippen molar-refractivity contribution in [1.29, 1.82) is 5.26 Å². The Balaban J connectivity index is 0.00000109. The van der Waals surface area contributed by atoms with Crippen LogP contribution in [0.1, 0.15) is 47.8 Å². The Bertz CT molecular complexity index is 840. The van der Waals surface area contributed by atoms with Crippen molar-refractivity contribution in [2.24, 2.45) is 0 Å². The third-order valence-electron chi connectivity index (χ3n) is 3.68. The van der Waals surface area contributed by atoms with E-state index in [0.717, 1.165) is 5.56 Å². The maximum absolute atomic E-state index is 12.1. The van der Waals surface area contributed by atoms with Crippen LogP contribution in [-0.2, 0) is 4.79 Å². The van der Waals surface area contributed by atoms with Crippen molar-refractivity contribution in [2.45, 2.75) is 26.3 Å². The average molecular weight is 337 g/mol. The lowest BCUT2D eigenvalue weighted by Crippen LogP contribution is -2.15. The molecule has 0 saturated heterocycles. The van der Waals surface area contributed by atoms with Crippen molar-refractivity contribution < 1.29 is 14.7 Å². The first-order chi connectivity index (χ1) is 12.1. The number of hydrogen-bond donors (Lipinski definition) is 3. The zero-order chi connectivity index (χ0) is 18.4. The van der Waals surface area contributed by atoms with E-state index in [4.69, 9.17) is 10.4 Å². The van der Waals surface area contributed by atoms with Gasteiger partial charge in [-0.05, 0) is 35.9 Å². The molecule has 25 heavy (non-hydrogen) atoms. The number of hydrogen-bond acceptors (Lipinski definition) is 4. The van der Waals surface area contributed by atoms with Gasteiger partial charge < -0.3 is 15.7 Å². The Kier molecular flexibility index (Phi) is 5.75. The van der Waals surface area contributed by atoms with Gasteiger partial charge in [-0.1, -0.05) is 26.0 Å². The second-order valence-electron chi connectivity index (χ2n) is 5.25. The number of carboxylic acids is 1. The molecule has 0 saturated carbocycles. The number of rotatable bonds is 2. The molecule has 6 heteroatoms. The van der Waals surface area contributed by atoms with Crippen LogP contribution in [0, 0.1) is 11.3 Å². The monoisotopic (exact) mass is 337 g/mol. The third kappa shape index (κ3) is 4.15. The van der Waals surface area contributed by atoms with Crippen LogP contribution >= 0.6 is 0 Å². The Morgan fingerprint density at radius 3 is 2.64 bits per heavy atom. The van der Waals surface area contributed by atoms with E-state index in [1.165, 1.54) is 12.1 Å². The summed E-state index contributed by atoms with van der Waals surface area (Å²) in [7, 11) is 0. The van der Waals surface area contributed by atoms with Gasteiger partial charge in [0.05, 0.1) is 41.0 Å². The van der Waals surface area contributed by atoms with Crippen molar-refractivity contribution in [3.8, 4) is 6.07 Å². The molecule has 3 rings (SSSR count). The number of benzene rings is 2. The summed E-state index contributed by atoms with van der Waals surface area (Å²) in [6.07, 6.45) is 0.186. The van der Waals surface area contributed by atoms with Gasteiger partial charge in [0.1, 0.15) is 0 Å². The van der Waals surface area contributed by atoms with Crippen molar-refractivity contribution in [3.05, 3.63) is 59.2 Å². The van der Waals surface area contributed by atoms with Crippen LogP contribution in [0.25, 0.3) is 0 Å². The smallest absolute Gasteiger partial charge is 0.335 e. The van der Waals surface area contributed by atoms with Gasteiger partial charge in [0.25, 0.3) is 0 Å². The highest BCUT2D eigenvalue weighted by Gasteiger charge is 2.23. The van der Waals surface area contributed by atoms with Crippen LogP contribution in [0.4, 0.5) is 11.4 Å². The highest BCUT2D eigenvalue weighted by Crippen LogP contribution is 2.33. The second kappa shape index (κ2) is 7.97. The molecular weight excluding hydrogens is 318 g/mol. The third-order valence-corrected chi connectivity index (χ3v) is 3.68. The summed E-state index contributed by atoms with van der Waals surface area (Å²) in [5.41, 5.74) is 2.54. The van der Waals surface area contributed by atoms with E-state index < -0.39 is 5.97 Å². The number of carboxylic acid groups (broad SMARTS) is 1. The fourth-order valence-electron chi connectivity index (χ4n) is 2.56. The van der Waals surface area contributed by atoms with E-state index in [0.29, 0.717) is 16.9 Å². The SMILES string of the molecule is CC.N#Cc1cccc(C2CC(=O)Nc3cc(C(=O)O)ccc3N2)c1. The lowest BCUT2D eigenvalue weighted by Gasteiger charge is -2.17. The Labute approximate surface area is 146 Å². The molecule has 1 unspecified atom stereocenters. The lowest BCUT2D eigenvalue weighted by atomic mass is 10.0. The molecule has 0 aromatic heterocycles. The van der Waals surface area contributed by atoms with Gasteiger partial charge in [-0.3, -0.25) is 4.79 Å². The molecule has 1 aliphatic heterocycles. The number of fused-ring (bicyclic) bond motifs is 1. The van der Waals surface area contributed by atoms with Crippen molar-refractivity contribution in [2.75, 3.05) is 10.6 Å². The normalized spacial score (nSPS) is 15.2. The highest BCUT2D eigenvalue weighted by atomic mass is 16.4. The molecule has 2 aromatic carbocycles. The fraction of sp³-hybridized carbons (Fsp3) is 0.211. The predicted octanol–water partition coefficient (Wildman–Crippen LogP) is 3.78. The first kappa shape index (κ1) is 18.0. The second-order valence-corrected chi connectivity index (χ2v) is 5.25. The molecule has 2 aromatic rings. The van der Waals surface area contributed by atoms with Gasteiger partial charge in [0, 0.05) is 0 Å². The molecule has 0 aliphatic carbocycles. The largest absolute Gasteiger partial charge is 0.478 e. The van der Waals surface area contributed by atoms with Gasteiger partial charge in [-0.25, -0.2) is 4.79 Å². The van der Waals surface area contributed by atoms with Gasteiger partial charge in [0.15, 0.2) is 0 Å². The molecule has 0 radical (unpaired) electrons. The van der Waals surface area contributed by atoms with Crippen LogP contribution in [-0.4, -0.2) is 17.0 Å². The summed E-state index contributed by atoms with van der Waals surface area (Å²) in [6, 6.07) is 13.4. The van der Waals surface area contributed by atoms with Crippen molar-refractivity contribution >= 4 is 23.3 Å². The fourth-order valence-corrected chi connectivity index (χ4v) is 2.56. The van der Waals surface area contributed by atoms with Gasteiger partial charge in [0.2, 0.25) is 5.91 Å². The van der Waals surface area contributed by atoms with Crippen molar-refractivity contribution in [1.82, 2.24) is 0 Å². The maximum atomic E-state index is 12.1. The first-order valence-electron chi connectivity index (χ1n) is 8.00. The van der Waals surface area contributed by atoms with E-state index in [1.54, 1.807) is 24.3 Å². The Hall–Kier alpha value is -3.33. The zero-order valence-electron chi connectivity index (χ0n) is 14.0. The quantitative estimate of drug-likeness (QED) is 0.774. The molecule has 0 fully saturated rings. The van der Waals surface area contributed by atoms with Crippen LogP contribution in [0.15, 0.2) is 42.5 Å². The topological polar surface area (TPSA) is 102 Å². The summed E-state index contributed by atoms with van der Waals surface area (Å²) in [6.45, 7) is 4.00. The first-order valence-corrected chi connectivity index (χ1v) is 8.00. The number of amides is 1. The summed E-state index contributed by atoms with van der Waals surface area (Å²) >= 11 is 0. The minimum Gasteiger partial charge on any atom is -0.478 e. The number of carbonyl (C=O) groups is 2. The highest BCUT2D eigenvalue weighted by molar-refractivity contribution is 5.99. The van der Waals surface area contributed by atoms with Crippen molar-refractivity contribution in [3.63, 3.8) is 0 Å². The number of carbonyl (C=O) groups excluding carboxylic acids is 1. The number of nitriles is 1. The average Bonchev–Trinajstić information content (AvgIpc) is 2.80. The number of anilines is 2. The van der Waals surface area contributed by atoms with Crippen LogP contribution < -0.4 is 10.6 Å². The number of nitrogens with one attached hydrogen (secondary N) is 2.